The van der Waals surface area contributed by atoms with Gasteiger partial charge < -0.3 is 5.11 Å². The van der Waals surface area contributed by atoms with Crippen LogP contribution in [0.25, 0.3) is 0 Å². The van der Waals surface area contributed by atoms with Crippen LogP contribution in [-0.4, -0.2) is 24.8 Å². The van der Waals surface area contributed by atoms with E-state index in [1.54, 1.807) is 0 Å². The summed E-state index contributed by atoms with van der Waals surface area (Å²) >= 11 is 1.91. The summed E-state index contributed by atoms with van der Waals surface area (Å²) in [7, 11) is 1.46. The summed E-state index contributed by atoms with van der Waals surface area (Å²) in [6.07, 6.45) is -0.838. The van der Waals surface area contributed by atoms with Crippen molar-refractivity contribution in [1.29, 1.82) is 0 Å². The van der Waals surface area contributed by atoms with E-state index in [0.717, 1.165) is 23.1 Å². The fourth-order valence-corrected chi connectivity index (χ4v) is 3.61. The van der Waals surface area contributed by atoms with Crippen molar-refractivity contribution in [3.63, 3.8) is 0 Å². The lowest BCUT2D eigenvalue weighted by atomic mass is 10.3. The molecule has 0 saturated carbocycles. The molecular weight excluding hydrogens is 320 g/mol. The van der Waals surface area contributed by atoms with Crippen LogP contribution in [0.4, 0.5) is 5.69 Å². The van der Waals surface area contributed by atoms with Crippen molar-refractivity contribution in [2.75, 3.05) is 0 Å². The molecule has 0 spiro atoms. The molecule has 112 valence electrons. The highest BCUT2D eigenvalue weighted by Crippen LogP contribution is 2.41. The molecule has 2 aromatic heterocycles. The van der Waals surface area contributed by atoms with Crippen molar-refractivity contribution in [1.82, 2.24) is 14.8 Å². The molecule has 0 aliphatic heterocycles. The molecule has 21 heavy (non-hydrogen) atoms. The van der Waals surface area contributed by atoms with Crippen LogP contribution < -0.4 is 11.1 Å². The Bertz CT molecular complexity index is 807. The number of hydrogen-bond acceptors (Lipinski definition) is 8. The highest BCUT2D eigenvalue weighted by Gasteiger charge is 2.23. The average molecular weight is 330 g/mol. The van der Waals surface area contributed by atoms with Gasteiger partial charge in [-0.3, -0.25) is 29.5 Å². The number of aliphatic hydroxyl groups is 1. The zero-order valence-electron chi connectivity index (χ0n) is 10.9. The number of aryl methyl sites for hydroxylation is 1. The molecule has 2 heterocycles. The maximum absolute atomic E-state index is 11.3. The van der Waals surface area contributed by atoms with Crippen molar-refractivity contribution >= 4 is 28.8 Å². The fourth-order valence-electron chi connectivity index (χ4n) is 1.42. The molecule has 2 N–H and O–H groups in total. The molecule has 2 aromatic rings. The summed E-state index contributed by atoms with van der Waals surface area (Å²) < 4.78 is 1.48. The maximum Gasteiger partial charge on any atom is 0.339 e. The third-order valence-electron chi connectivity index (χ3n) is 2.44. The Morgan fingerprint density at radius 1 is 1.57 bits per heavy atom. The number of hydrogen-bond donors (Lipinski definition) is 2. The fraction of sp³-hybridized carbons (Fsp3) is 0.300. The maximum atomic E-state index is 11.3. The Balaban J connectivity index is 2.48. The summed E-state index contributed by atoms with van der Waals surface area (Å²) in [5, 5.41) is 22.9. The number of H-pyrrole nitrogens is 1. The van der Waals surface area contributed by atoms with Gasteiger partial charge in [0.25, 0.3) is 5.69 Å². The monoisotopic (exact) mass is 330 g/mol. The molecule has 9 nitrogen and oxygen atoms in total. The molecule has 0 bridgehead atoms. The van der Waals surface area contributed by atoms with Crippen LogP contribution >= 0.6 is 23.1 Å². The molecule has 1 atom stereocenters. The van der Waals surface area contributed by atoms with Gasteiger partial charge in [-0.2, -0.15) is 4.98 Å². The lowest BCUT2D eigenvalue weighted by Crippen LogP contribution is -2.33. The lowest BCUT2D eigenvalue weighted by Gasteiger charge is -2.03. The minimum absolute atomic E-state index is 0.113. The second-order valence-corrected chi connectivity index (χ2v) is 6.38. The van der Waals surface area contributed by atoms with Gasteiger partial charge in [0, 0.05) is 18.0 Å². The van der Waals surface area contributed by atoms with Gasteiger partial charge in [-0.1, -0.05) is 0 Å². The zero-order chi connectivity index (χ0) is 15.7. The van der Waals surface area contributed by atoms with Gasteiger partial charge in [0.2, 0.25) is 0 Å². The van der Waals surface area contributed by atoms with E-state index >= 15 is 0 Å². The van der Waals surface area contributed by atoms with Gasteiger partial charge in [-0.05, 0) is 18.7 Å². The SMILES string of the molecule is C[C@H](O)c1cc([N+](=O)[O-])c(Sc2nc(=O)c(=O)[nH]n2C)s1. The first kappa shape index (κ1) is 15.4. The van der Waals surface area contributed by atoms with E-state index in [2.05, 4.69) is 10.1 Å². The predicted molar refractivity (Wildman–Crippen MR) is 75.8 cm³/mol. The summed E-state index contributed by atoms with van der Waals surface area (Å²) in [4.78, 5) is 36.8. The zero-order valence-corrected chi connectivity index (χ0v) is 12.5. The summed E-state index contributed by atoms with van der Waals surface area (Å²) in [5.74, 6) is 0. The molecule has 0 radical (unpaired) electrons. The number of aromatic amines is 1. The topological polar surface area (TPSA) is 131 Å². The number of nitro groups is 1. The standard InChI is InChI=1S/C10H10N4O5S2/c1-4(15)6-3-5(14(18)19)9(20-6)21-10-11-7(16)8(17)12-13(10)2/h3-4,15H,1-2H3,(H,12,17)/t4-/m0/s1. The van der Waals surface area contributed by atoms with E-state index in [1.807, 2.05) is 0 Å². The minimum Gasteiger partial charge on any atom is -0.388 e. The first-order chi connectivity index (χ1) is 9.79. The van der Waals surface area contributed by atoms with Crippen LogP contribution in [0.15, 0.2) is 25.0 Å². The number of nitrogens with one attached hydrogen (secondary N) is 1. The van der Waals surface area contributed by atoms with Crippen molar-refractivity contribution in [2.24, 2.45) is 7.05 Å². The molecule has 11 heteroatoms. The van der Waals surface area contributed by atoms with Crippen LogP contribution in [0.2, 0.25) is 0 Å². The van der Waals surface area contributed by atoms with Gasteiger partial charge >= 0.3 is 11.1 Å². The summed E-state index contributed by atoms with van der Waals surface area (Å²) in [6.45, 7) is 1.50. The Kier molecular flexibility index (Phi) is 4.25. The molecule has 2 rings (SSSR count). The van der Waals surface area contributed by atoms with Gasteiger partial charge in [-0.25, -0.2) is 0 Å². The van der Waals surface area contributed by atoms with Crippen molar-refractivity contribution in [3.8, 4) is 0 Å². The Morgan fingerprint density at radius 3 is 2.81 bits per heavy atom. The Morgan fingerprint density at radius 2 is 2.24 bits per heavy atom. The van der Waals surface area contributed by atoms with E-state index in [0.29, 0.717) is 4.88 Å². The number of nitrogens with zero attached hydrogens (tertiary/aromatic N) is 3. The second kappa shape index (κ2) is 5.79. The van der Waals surface area contributed by atoms with E-state index < -0.39 is 22.1 Å². The van der Waals surface area contributed by atoms with Crippen LogP contribution in [0.3, 0.4) is 0 Å². The van der Waals surface area contributed by atoms with Gasteiger partial charge in [0.05, 0.1) is 11.0 Å². The molecule has 0 aromatic carbocycles. The molecular formula is C10H10N4O5S2. The smallest absolute Gasteiger partial charge is 0.339 e. The van der Waals surface area contributed by atoms with Crippen LogP contribution in [0, 0.1) is 10.1 Å². The minimum atomic E-state index is -0.967. The summed E-state index contributed by atoms with van der Waals surface area (Å²) in [6, 6.07) is 1.28. The van der Waals surface area contributed by atoms with E-state index in [-0.39, 0.29) is 15.1 Å². The molecule has 0 amide bonds. The van der Waals surface area contributed by atoms with Gasteiger partial charge in [-0.15, -0.1) is 11.3 Å². The van der Waals surface area contributed by atoms with E-state index in [4.69, 9.17) is 0 Å². The van der Waals surface area contributed by atoms with E-state index in [9.17, 15) is 24.8 Å². The van der Waals surface area contributed by atoms with Crippen molar-refractivity contribution in [3.05, 3.63) is 41.8 Å². The largest absolute Gasteiger partial charge is 0.388 e. The van der Waals surface area contributed by atoms with Gasteiger partial charge in [0.1, 0.15) is 4.21 Å². The normalized spacial score (nSPS) is 12.3. The molecule has 0 aliphatic carbocycles. The van der Waals surface area contributed by atoms with Crippen LogP contribution in [0.5, 0.6) is 0 Å². The predicted octanol–water partition coefficient (Wildman–Crippen LogP) is 0.643. The lowest BCUT2D eigenvalue weighted by molar-refractivity contribution is -0.387. The molecule has 0 unspecified atom stereocenters. The molecule has 0 fully saturated rings. The second-order valence-electron chi connectivity index (χ2n) is 4.06. The quantitative estimate of drug-likeness (QED) is 0.478. The van der Waals surface area contributed by atoms with E-state index in [1.165, 1.54) is 24.7 Å². The number of thiophene rings is 1. The van der Waals surface area contributed by atoms with Crippen molar-refractivity contribution < 1.29 is 10.0 Å². The highest BCUT2D eigenvalue weighted by molar-refractivity contribution is 8.01. The Hall–Kier alpha value is -1.98. The van der Waals surface area contributed by atoms with Crippen molar-refractivity contribution in [2.45, 2.75) is 22.4 Å². The average Bonchev–Trinajstić information content (AvgIpc) is 2.80. The Labute approximate surface area is 125 Å². The first-order valence-electron chi connectivity index (χ1n) is 5.61. The third-order valence-corrected chi connectivity index (χ3v) is 4.97. The molecule has 0 saturated heterocycles. The molecule has 0 aliphatic rings. The number of aromatic nitrogens is 3. The first-order valence-corrected chi connectivity index (χ1v) is 7.24. The number of aliphatic hydroxyl groups excluding tert-OH is 1. The van der Waals surface area contributed by atoms with Crippen LogP contribution in [-0.2, 0) is 7.05 Å². The number of rotatable bonds is 4. The third kappa shape index (κ3) is 3.20. The van der Waals surface area contributed by atoms with Gasteiger partial charge in [0.15, 0.2) is 5.16 Å². The summed E-state index contributed by atoms with van der Waals surface area (Å²) in [5.41, 5.74) is -2.01. The van der Waals surface area contributed by atoms with Crippen LogP contribution in [0.1, 0.15) is 17.9 Å². The highest BCUT2D eigenvalue weighted by atomic mass is 32.2.